The fraction of sp³-hybridized carbons (Fsp3) is 0.367. The Kier molecular flexibility index (Phi) is 7.99. The zero-order valence-electron chi connectivity index (χ0n) is 24.1. The number of aliphatic imine (C=N–C) groups is 2. The number of hydrogen-bond acceptors (Lipinski definition) is 7. The first-order valence-electron chi connectivity index (χ1n) is 14.3. The molecule has 1 aromatic carbocycles. The van der Waals surface area contributed by atoms with E-state index in [0.29, 0.717) is 28.6 Å². The summed E-state index contributed by atoms with van der Waals surface area (Å²) in [5.74, 6) is -1.17. The van der Waals surface area contributed by atoms with Gasteiger partial charge in [0.1, 0.15) is 11.5 Å². The molecule has 2 aromatic heterocycles. The van der Waals surface area contributed by atoms with Gasteiger partial charge in [0, 0.05) is 18.8 Å². The van der Waals surface area contributed by atoms with Crippen LogP contribution in [-0.4, -0.2) is 69.7 Å². The predicted molar refractivity (Wildman–Crippen MR) is 156 cm³/mol. The van der Waals surface area contributed by atoms with Crippen LogP contribution in [0.3, 0.4) is 0 Å². The number of hydrogen-bond donors (Lipinski definition) is 0. The molecule has 1 fully saturated rings. The Hall–Kier alpha value is -4.18. The Labute approximate surface area is 259 Å². The Balaban J connectivity index is 1.43. The number of alkyl halides is 5. The molecular formula is C30H26F6N6O3S. The molecule has 1 unspecified atom stereocenters. The number of rotatable bonds is 7. The van der Waals surface area contributed by atoms with Crippen LogP contribution in [0.1, 0.15) is 53.5 Å². The average molecular weight is 665 g/mol. The second kappa shape index (κ2) is 11.6. The third kappa shape index (κ3) is 5.46. The minimum Gasteiger partial charge on any atom is -0.291 e. The van der Waals surface area contributed by atoms with E-state index in [9.17, 15) is 39.6 Å². The Morgan fingerprint density at radius 2 is 1.91 bits per heavy atom. The highest BCUT2D eigenvalue weighted by molar-refractivity contribution is 8.06. The van der Waals surface area contributed by atoms with E-state index >= 15 is 0 Å². The van der Waals surface area contributed by atoms with Crippen LogP contribution in [0.2, 0.25) is 0 Å². The van der Waals surface area contributed by atoms with Gasteiger partial charge in [-0.15, -0.1) is 0 Å². The number of aromatic nitrogens is 3. The van der Waals surface area contributed by atoms with Crippen molar-refractivity contribution in [3.05, 3.63) is 82.7 Å². The fourth-order valence-electron chi connectivity index (χ4n) is 6.43. The Morgan fingerprint density at radius 3 is 2.57 bits per heavy atom. The smallest absolute Gasteiger partial charge is 0.291 e. The first kappa shape index (κ1) is 31.8. The Bertz CT molecular complexity index is 1890. The van der Waals surface area contributed by atoms with Crippen molar-refractivity contribution in [2.75, 3.05) is 6.54 Å². The maximum Gasteiger partial charge on any atom is 0.416 e. The number of sulfonamides is 1. The SMILES string of the molecule is CCN([C@H]1CCC2=Cc3c(cnn3-c3ccc(F)cc3)C[C@]2(C(=O)c2cc(C(F)(F)F)ccn2)C1)S(=O)(=O)C1=NC(C(F)F)N=C1. The summed E-state index contributed by atoms with van der Waals surface area (Å²) in [6.45, 7) is 1.45. The van der Waals surface area contributed by atoms with Crippen molar-refractivity contribution in [3.63, 3.8) is 0 Å². The quantitative estimate of drug-likeness (QED) is 0.245. The Morgan fingerprint density at radius 1 is 1.17 bits per heavy atom. The van der Waals surface area contributed by atoms with Crippen molar-refractivity contribution < 1.29 is 39.6 Å². The number of halogens is 6. The highest BCUT2D eigenvalue weighted by atomic mass is 32.2. The van der Waals surface area contributed by atoms with Gasteiger partial charge in [-0.05, 0) is 73.7 Å². The van der Waals surface area contributed by atoms with E-state index in [1.807, 2.05) is 0 Å². The van der Waals surface area contributed by atoms with E-state index in [1.165, 1.54) is 30.5 Å². The van der Waals surface area contributed by atoms with Crippen LogP contribution < -0.4 is 0 Å². The van der Waals surface area contributed by atoms with Gasteiger partial charge in [-0.3, -0.25) is 14.8 Å². The molecule has 242 valence electrons. The molecule has 1 aliphatic heterocycles. The lowest BCUT2D eigenvalue weighted by Crippen LogP contribution is -2.51. The first-order chi connectivity index (χ1) is 21.7. The van der Waals surface area contributed by atoms with Crippen LogP contribution in [0.25, 0.3) is 11.8 Å². The monoisotopic (exact) mass is 664 g/mol. The molecule has 16 heteroatoms. The summed E-state index contributed by atoms with van der Waals surface area (Å²) in [7, 11) is -4.44. The van der Waals surface area contributed by atoms with E-state index in [0.717, 1.165) is 22.8 Å². The molecule has 0 amide bonds. The van der Waals surface area contributed by atoms with Crippen molar-refractivity contribution in [3.8, 4) is 5.69 Å². The molecule has 1 saturated carbocycles. The molecule has 3 heterocycles. The van der Waals surface area contributed by atoms with Gasteiger partial charge in [-0.1, -0.05) is 12.5 Å². The third-order valence-corrected chi connectivity index (χ3v) is 10.5. The molecule has 0 N–H and O–H groups in total. The standard InChI is InChI=1S/C30H26F6N6O3S/c1-2-41(46(44,45)25-16-38-28(40-25)27(32)33)22-6-3-18-12-24-17(15-39-42(24)21-7-4-20(31)5-8-21)13-29(18,14-22)26(43)23-11-19(9-10-37-23)30(34,35)36/h4-5,7-12,15-16,22,27-28H,2-3,6,13-14H2,1H3/t22-,28?,29-/m0/s1. The van der Waals surface area contributed by atoms with Crippen molar-refractivity contribution in [2.45, 2.75) is 57.4 Å². The van der Waals surface area contributed by atoms with Gasteiger partial charge in [0.25, 0.3) is 16.4 Å². The molecule has 3 atom stereocenters. The molecular weight excluding hydrogens is 638 g/mol. The molecule has 0 spiro atoms. The molecule has 3 aromatic rings. The number of Topliss-reactive ketones (excluding diaryl/α,β-unsaturated/α-hetero) is 1. The topological polar surface area (TPSA) is 110 Å². The minimum absolute atomic E-state index is 0.0317. The number of carbonyl (C=O) groups is 1. The van der Waals surface area contributed by atoms with Crippen molar-refractivity contribution >= 4 is 33.1 Å². The summed E-state index contributed by atoms with van der Waals surface area (Å²) in [6, 6.07) is 6.16. The highest BCUT2D eigenvalue weighted by Gasteiger charge is 2.52. The second-order valence-corrected chi connectivity index (χ2v) is 13.1. The van der Waals surface area contributed by atoms with E-state index in [2.05, 4.69) is 20.1 Å². The molecule has 3 aliphatic rings. The number of fused-ring (bicyclic) bond motifs is 2. The molecule has 9 nitrogen and oxygen atoms in total. The summed E-state index contributed by atoms with van der Waals surface area (Å²) >= 11 is 0. The number of allylic oxidation sites excluding steroid dienone is 1. The normalized spacial score (nSPS) is 22.9. The number of benzene rings is 1. The second-order valence-electron chi connectivity index (χ2n) is 11.2. The number of ketones is 1. The zero-order chi connectivity index (χ0) is 33.0. The average Bonchev–Trinajstić information content (AvgIpc) is 3.68. The molecule has 0 bridgehead atoms. The molecule has 46 heavy (non-hydrogen) atoms. The fourth-order valence-corrected chi connectivity index (χ4v) is 8.02. The van der Waals surface area contributed by atoms with Gasteiger partial charge in [-0.2, -0.15) is 22.6 Å². The third-order valence-electron chi connectivity index (χ3n) is 8.58. The molecule has 2 aliphatic carbocycles. The summed E-state index contributed by atoms with van der Waals surface area (Å²) in [5.41, 5.74) is -0.767. The minimum atomic E-state index is -4.74. The summed E-state index contributed by atoms with van der Waals surface area (Å²) in [4.78, 5) is 25.5. The lowest BCUT2D eigenvalue weighted by Gasteiger charge is -2.46. The summed E-state index contributed by atoms with van der Waals surface area (Å²) in [5, 5.41) is 3.79. The number of pyridine rings is 1. The van der Waals surface area contributed by atoms with Crippen LogP contribution >= 0.6 is 0 Å². The molecule has 0 saturated heterocycles. The van der Waals surface area contributed by atoms with E-state index in [-0.39, 0.29) is 32.2 Å². The van der Waals surface area contributed by atoms with Crippen LogP contribution in [-0.2, 0) is 22.6 Å². The van der Waals surface area contributed by atoms with Crippen LogP contribution in [0, 0.1) is 11.2 Å². The lowest BCUT2D eigenvalue weighted by atomic mass is 9.60. The summed E-state index contributed by atoms with van der Waals surface area (Å²) in [6.07, 6.45) is -4.45. The van der Waals surface area contributed by atoms with Gasteiger partial charge in [-0.25, -0.2) is 31.3 Å². The van der Waals surface area contributed by atoms with Crippen molar-refractivity contribution in [1.29, 1.82) is 0 Å². The van der Waals surface area contributed by atoms with Gasteiger partial charge in [0.05, 0.1) is 34.8 Å². The maximum atomic E-state index is 14.4. The van der Waals surface area contributed by atoms with Crippen molar-refractivity contribution in [1.82, 2.24) is 19.1 Å². The van der Waals surface area contributed by atoms with Gasteiger partial charge in [0.15, 0.2) is 10.8 Å². The molecule has 6 rings (SSSR count). The number of nitrogens with zero attached hydrogens (tertiary/aromatic N) is 6. The van der Waals surface area contributed by atoms with Gasteiger partial charge >= 0.3 is 6.18 Å². The maximum absolute atomic E-state index is 14.4. The molecule has 0 radical (unpaired) electrons. The van der Waals surface area contributed by atoms with E-state index in [1.54, 1.807) is 17.7 Å². The summed E-state index contributed by atoms with van der Waals surface area (Å²) < 4.78 is 111. The van der Waals surface area contributed by atoms with Crippen LogP contribution in [0.4, 0.5) is 26.3 Å². The van der Waals surface area contributed by atoms with Gasteiger partial charge < -0.3 is 0 Å². The van der Waals surface area contributed by atoms with Crippen molar-refractivity contribution in [2.24, 2.45) is 15.4 Å². The first-order valence-corrected chi connectivity index (χ1v) is 15.7. The van der Waals surface area contributed by atoms with E-state index in [4.69, 9.17) is 0 Å². The van der Waals surface area contributed by atoms with Crippen LogP contribution in [0.5, 0.6) is 0 Å². The zero-order valence-corrected chi connectivity index (χ0v) is 24.9. The number of carbonyl (C=O) groups excluding carboxylic acids is 1. The highest BCUT2D eigenvalue weighted by Crippen LogP contribution is 2.51. The lowest BCUT2D eigenvalue weighted by molar-refractivity contribution is -0.137. The predicted octanol–water partition coefficient (Wildman–Crippen LogP) is 5.51. The van der Waals surface area contributed by atoms with Gasteiger partial charge in [0.2, 0.25) is 6.17 Å². The largest absolute Gasteiger partial charge is 0.416 e. The van der Waals surface area contributed by atoms with Crippen LogP contribution in [0.15, 0.2) is 64.3 Å². The van der Waals surface area contributed by atoms with E-state index < -0.39 is 68.1 Å².